The third-order valence-electron chi connectivity index (χ3n) is 3.53. The van der Waals surface area contributed by atoms with Gasteiger partial charge >= 0.3 is 0 Å². The monoisotopic (exact) mass is 295 g/mol. The highest BCUT2D eigenvalue weighted by molar-refractivity contribution is 7.71. The van der Waals surface area contributed by atoms with Crippen LogP contribution >= 0.6 is 23.6 Å². The Bertz CT molecular complexity index is 591. The molecule has 2 aromatic rings. The highest BCUT2D eigenvalue weighted by atomic mass is 32.1. The van der Waals surface area contributed by atoms with Crippen molar-refractivity contribution in [2.75, 3.05) is 13.1 Å². The Labute approximate surface area is 121 Å². The molecule has 0 atom stereocenters. The predicted octanol–water partition coefficient (Wildman–Crippen LogP) is 2.82. The Morgan fingerprint density at radius 3 is 2.84 bits per heavy atom. The number of hydrogen-bond donors (Lipinski definition) is 2. The summed E-state index contributed by atoms with van der Waals surface area (Å²) >= 11 is 6.64. The maximum absolute atomic E-state index is 4.95. The molecule has 19 heavy (non-hydrogen) atoms. The molecule has 0 saturated carbocycles. The summed E-state index contributed by atoms with van der Waals surface area (Å²) in [5.41, 5.74) is 0.873. The average Bonchev–Trinajstić information content (AvgIpc) is 3.01. The van der Waals surface area contributed by atoms with E-state index in [2.05, 4.69) is 32.0 Å². The van der Waals surface area contributed by atoms with Gasteiger partial charge in [0.2, 0.25) is 4.77 Å². The largest absolute Gasteiger partial charge is 0.297 e. The molecule has 0 radical (unpaired) electrons. The van der Waals surface area contributed by atoms with Crippen molar-refractivity contribution >= 4 is 23.6 Å². The summed E-state index contributed by atoms with van der Waals surface area (Å²) < 4.78 is 0.467. The lowest BCUT2D eigenvalue weighted by Crippen LogP contribution is -2.32. The van der Waals surface area contributed by atoms with E-state index in [4.69, 9.17) is 12.2 Å². The number of rotatable bonds is 3. The fourth-order valence-electron chi connectivity index (χ4n) is 2.30. The second-order valence-electron chi connectivity index (χ2n) is 5.10. The van der Waals surface area contributed by atoms with E-state index in [1.807, 2.05) is 5.38 Å². The van der Waals surface area contributed by atoms with Gasteiger partial charge in [0.15, 0.2) is 5.82 Å². The fourth-order valence-corrected chi connectivity index (χ4v) is 3.26. The highest BCUT2D eigenvalue weighted by Gasteiger charge is 2.17. The maximum Gasteiger partial charge on any atom is 0.213 e. The minimum atomic E-state index is 0.467. The smallest absolute Gasteiger partial charge is 0.213 e. The van der Waals surface area contributed by atoms with Crippen LogP contribution in [0.1, 0.15) is 24.8 Å². The second kappa shape index (κ2) is 5.52. The first-order valence-corrected chi connectivity index (χ1v) is 7.81. The van der Waals surface area contributed by atoms with Crippen LogP contribution in [0.5, 0.6) is 0 Å². The maximum atomic E-state index is 4.95. The summed E-state index contributed by atoms with van der Waals surface area (Å²) in [5, 5.41) is 8.91. The summed E-state index contributed by atoms with van der Waals surface area (Å²) in [4.78, 5) is 11.3. The average molecular weight is 295 g/mol. The SMILES string of the molecule is CC1CCN(Cc2nc(-c3nc(=S)[nH][nH]3)cs2)CC1. The Kier molecular flexibility index (Phi) is 3.76. The van der Waals surface area contributed by atoms with Gasteiger partial charge in [-0.3, -0.25) is 15.1 Å². The number of thiazole rings is 1. The molecule has 7 heteroatoms. The quantitative estimate of drug-likeness (QED) is 0.855. The van der Waals surface area contributed by atoms with Crippen LogP contribution in [0.3, 0.4) is 0 Å². The molecule has 1 aliphatic heterocycles. The molecule has 5 nitrogen and oxygen atoms in total. The highest BCUT2D eigenvalue weighted by Crippen LogP contribution is 2.22. The van der Waals surface area contributed by atoms with Crippen molar-refractivity contribution in [3.63, 3.8) is 0 Å². The Morgan fingerprint density at radius 2 is 2.16 bits per heavy atom. The van der Waals surface area contributed by atoms with Crippen molar-refractivity contribution in [1.29, 1.82) is 0 Å². The van der Waals surface area contributed by atoms with Gasteiger partial charge in [-0.1, -0.05) is 6.92 Å². The number of hydrogen-bond acceptors (Lipinski definition) is 5. The minimum absolute atomic E-state index is 0.467. The van der Waals surface area contributed by atoms with Gasteiger partial charge in [0.05, 0.1) is 6.54 Å². The lowest BCUT2D eigenvalue weighted by molar-refractivity contribution is 0.185. The molecule has 0 aliphatic carbocycles. The Balaban J connectivity index is 1.66. The fraction of sp³-hybridized carbons (Fsp3) is 0.583. The topological polar surface area (TPSA) is 60.6 Å². The lowest BCUT2D eigenvalue weighted by Gasteiger charge is -2.29. The van der Waals surface area contributed by atoms with Crippen molar-refractivity contribution in [2.24, 2.45) is 5.92 Å². The van der Waals surface area contributed by atoms with Gasteiger partial charge in [0.1, 0.15) is 10.7 Å². The van der Waals surface area contributed by atoms with E-state index in [9.17, 15) is 0 Å². The molecule has 2 aromatic heterocycles. The van der Waals surface area contributed by atoms with Crippen LogP contribution < -0.4 is 0 Å². The Hall–Kier alpha value is -1.05. The standard InChI is InChI=1S/C12H17N5S2/c1-8-2-4-17(5-3-8)6-10-13-9(7-19-10)11-14-12(18)16-15-11/h7-8H,2-6H2,1H3,(H2,14,15,16,18). The van der Waals surface area contributed by atoms with Crippen molar-refractivity contribution in [3.05, 3.63) is 15.2 Å². The first-order chi connectivity index (χ1) is 9.20. The van der Waals surface area contributed by atoms with E-state index in [0.717, 1.165) is 29.0 Å². The number of likely N-dealkylation sites (tertiary alicyclic amines) is 1. The van der Waals surface area contributed by atoms with Crippen molar-refractivity contribution in [3.8, 4) is 11.5 Å². The molecule has 3 heterocycles. The van der Waals surface area contributed by atoms with Crippen LogP contribution in [0.25, 0.3) is 11.5 Å². The van der Waals surface area contributed by atoms with E-state index >= 15 is 0 Å². The van der Waals surface area contributed by atoms with Gasteiger partial charge in [0, 0.05) is 5.38 Å². The molecule has 1 saturated heterocycles. The summed E-state index contributed by atoms with van der Waals surface area (Å²) in [6.45, 7) is 5.64. The van der Waals surface area contributed by atoms with Crippen molar-refractivity contribution in [1.82, 2.24) is 25.1 Å². The first kappa shape index (κ1) is 13.0. The number of nitrogens with one attached hydrogen (secondary N) is 2. The van der Waals surface area contributed by atoms with Gasteiger partial charge in [0.25, 0.3) is 0 Å². The first-order valence-electron chi connectivity index (χ1n) is 6.52. The molecule has 0 spiro atoms. The zero-order valence-electron chi connectivity index (χ0n) is 10.8. The number of nitrogens with zero attached hydrogens (tertiary/aromatic N) is 3. The van der Waals surface area contributed by atoms with Gasteiger partial charge in [-0.2, -0.15) is 4.98 Å². The summed E-state index contributed by atoms with van der Waals surface area (Å²) in [6, 6.07) is 0. The molecule has 3 rings (SSSR count). The van der Waals surface area contributed by atoms with Crippen molar-refractivity contribution < 1.29 is 0 Å². The van der Waals surface area contributed by atoms with Gasteiger partial charge < -0.3 is 0 Å². The molecule has 0 unspecified atom stereocenters. The number of aromatic amines is 2. The molecule has 0 amide bonds. The number of H-pyrrole nitrogens is 2. The third kappa shape index (κ3) is 3.10. The number of aromatic nitrogens is 4. The van der Waals surface area contributed by atoms with Crippen LogP contribution in [0, 0.1) is 10.7 Å². The zero-order chi connectivity index (χ0) is 13.2. The molecular weight excluding hydrogens is 278 g/mol. The number of piperidine rings is 1. The van der Waals surface area contributed by atoms with Crippen LogP contribution in [0.4, 0.5) is 0 Å². The predicted molar refractivity (Wildman–Crippen MR) is 78.6 cm³/mol. The minimum Gasteiger partial charge on any atom is -0.297 e. The molecule has 102 valence electrons. The molecule has 0 bridgehead atoms. The van der Waals surface area contributed by atoms with E-state index in [1.54, 1.807) is 11.3 Å². The van der Waals surface area contributed by atoms with Crippen LogP contribution in [0.15, 0.2) is 5.38 Å². The Morgan fingerprint density at radius 1 is 1.37 bits per heavy atom. The van der Waals surface area contributed by atoms with Crippen LogP contribution in [-0.2, 0) is 6.54 Å². The van der Waals surface area contributed by atoms with Gasteiger partial charge in [-0.25, -0.2) is 4.98 Å². The molecule has 1 aliphatic rings. The van der Waals surface area contributed by atoms with E-state index in [-0.39, 0.29) is 0 Å². The molecule has 2 N–H and O–H groups in total. The van der Waals surface area contributed by atoms with E-state index < -0.39 is 0 Å². The van der Waals surface area contributed by atoms with Crippen LogP contribution in [-0.4, -0.2) is 38.2 Å². The third-order valence-corrected chi connectivity index (χ3v) is 4.56. The summed E-state index contributed by atoms with van der Waals surface area (Å²) in [6.07, 6.45) is 2.59. The van der Waals surface area contributed by atoms with E-state index in [0.29, 0.717) is 4.77 Å². The lowest BCUT2D eigenvalue weighted by atomic mass is 9.99. The summed E-state index contributed by atoms with van der Waals surface area (Å²) in [5.74, 6) is 1.59. The zero-order valence-corrected chi connectivity index (χ0v) is 12.5. The summed E-state index contributed by atoms with van der Waals surface area (Å²) in [7, 11) is 0. The van der Waals surface area contributed by atoms with Gasteiger partial charge in [-0.15, -0.1) is 11.3 Å². The second-order valence-corrected chi connectivity index (χ2v) is 6.43. The molecule has 0 aromatic carbocycles. The molecule has 1 fully saturated rings. The van der Waals surface area contributed by atoms with Crippen molar-refractivity contribution in [2.45, 2.75) is 26.3 Å². The normalized spacial score (nSPS) is 17.9. The van der Waals surface area contributed by atoms with E-state index in [1.165, 1.54) is 25.9 Å². The molecular formula is C12H17N5S2. The van der Waals surface area contributed by atoms with Gasteiger partial charge in [-0.05, 0) is 44.1 Å². The van der Waals surface area contributed by atoms with Crippen LogP contribution in [0.2, 0.25) is 0 Å².